The second-order valence-corrected chi connectivity index (χ2v) is 14.7. The minimum absolute atomic E-state index is 0.195. The van der Waals surface area contributed by atoms with Crippen molar-refractivity contribution in [2.45, 2.75) is 142 Å². The van der Waals surface area contributed by atoms with E-state index in [1.54, 1.807) is 12.2 Å². The molecule has 0 aromatic rings. The van der Waals surface area contributed by atoms with E-state index in [-0.39, 0.29) is 24.3 Å². The van der Waals surface area contributed by atoms with Gasteiger partial charge in [-0.05, 0) is 153 Å². The Kier molecular flexibility index (Phi) is 9.74. The molecule has 4 aliphatic carbocycles. The van der Waals surface area contributed by atoms with Crippen molar-refractivity contribution in [1.29, 1.82) is 0 Å². The Labute approximate surface area is 254 Å². The third kappa shape index (κ3) is 7.17. The summed E-state index contributed by atoms with van der Waals surface area (Å²) in [5.74, 6) is 1.70. The molecule has 0 aliphatic heterocycles. The summed E-state index contributed by atoms with van der Waals surface area (Å²) in [7, 11) is 0. The second kappa shape index (κ2) is 12.6. The number of hydrogen-bond donors (Lipinski definition) is 2. The lowest BCUT2D eigenvalue weighted by atomic mass is 9.64. The molecule has 6 nitrogen and oxygen atoms in total. The average Bonchev–Trinajstić information content (AvgIpc) is 3.80. The van der Waals surface area contributed by atoms with Crippen LogP contribution in [0.2, 0.25) is 0 Å². The van der Waals surface area contributed by atoms with E-state index in [0.717, 1.165) is 63.2 Å². The number of allylic oxidation sites excluding steroid dienone is 4. The van der Waals surface area contributed by atoms with Crippen LogP contribution < -0.4 is 10.6 Å². The molecule has 234 valence electrons. The lowest BCUT2D eigenvalue weighted by molar-refractivity contribution is 0.0426. The molecule has 4 aliphatic rings. The Bertz CT molecular complexity index is 986. The Morgan fingerprint density at radius 2 is 1.05 bits per heavy atom. The first-order valence-corrected chi connectivity index (χ1v) is 16.3. The van der Waals surface area contributed by atoms with Crippen LogP contribution in [0.3, 0.4) is 0 Å². The van der Waals surface area contributed by atoms with Crippen LogP contribution in [-0.4, -0.2) is 35.5 Å². The van der Waals surface area contributed by atoms with Gasteiger partial charge in [0.15, 0.2) is 0 Å². The van der Waals surface area contributed by atoms with Crippen LogP contribution in [0, 0.1) is 22.7 Å². The molecule has 0 saturated heterocycles. The smallest absolute Gasteiger partial charge is 0.408 e. The Hall–Kier alpha value is -2.50. The summed E-state index contributed by atoms with van der Waals surface area (Å²) in [4.78, 5) is 25.4. The third-order valence-electron chi connectivity index (χ3n) is 11.0. The highest BCUT2D eigenvalue weighted by Gasteiger charge is 2.89. The molecule has 0 heterocycles. The van der Waals surface area contributed by atoms with Crippen LogP contribution in [0.5, 0.6) is 0 Å². The number of nitrogens with one attached hydrogen (secondary N) is 2. The molecule has 0 aromatic heterocycles. The van der Waals surface area contributed by atoms with E-state index in [1.165, 1.54) is 36.8 Å². The fraction of sp³-hybridized carbons (Fsp3) is 0.722. The summed E-state index contributed by atoms with van der Waals surface area (Å²) in [6.45, 7) is 20.0. The van der Waals surface area contributed by atoms with Gasteiger partial charge in [0.25, 0.3) is 0 Å². The van der Waals surface area contributed by atoms with Gasteiger partial charge < -0.3 is 20.1 Å². The summed E-state index contributed by atoms with van der Waals surface area (Å²) in [6, 6.07) is 0.389. The van der Waals surface area contributed by atoms with Crippen molar-refractivity contribution in [1.82, 2.24) is 10.6 Å². The van der Waals surface area contributed by atoms with Crippen molar-refractivity contribution in [3.05, 3.63) is 48.6 Å². The molecule has 6 heteroatoms. The molecular formula is C36H56N2O4. The lowest BCUT2D eigenvalue weighted by Gasteiger charge is -2.43. The summed E-state index contributed by atoms with van der Waals surface area (Å²) in [5, 5.41) is 6.30. The van der Waals surface area contributed by atoms with Crippen molar-refractivity contribution < 1.29 is 19.1 Å². The molecule has 2 spiro atoms. The molecule has 2 unspecified atom stereocenters. The van der Waals surface area contributed by atoms with Crippen molar-refractivity contribution in [3.63, 3.8) is 0 Å². The number of carbonyl (C=O) groups excluding carboxylic acids is 2. The van der Waals surface area contributed by atoms with Gasteiger partial charge in [0, 0.05) is 12.1 Å². The van der Waals surface area contributed by atoms with Crippen LogP contribution in [0.1, 0.15) is 119 Å². The first-order chi connectivity index (χ1) is 19.8. The largest absolute Gasteiger partial charge is 0.439 e. The van der Waals surface area contributed by atoms with Gasteiger partial charge in [0.05, 0.1) is 0 Å². The number of rotatable bonds is 12. The first kappa shape index (κ1) is 32.4. The van der Waals surface area contributed by atoms with Crippen molar-refractivity contribution in [2.24, 2.45) is 22.7 Å². The van der Waals surface area contributed by atoms with Gasteiger partial charge in [-0.2, -0.15) is 0 Å². The first-order valence-electron chi connectivity index (χ1n) is 16.3. The quantitative estimate of drug-likeness (QED) is 0.226. The van der Waals surface area contributed by atoms with E-state index in [0.29, 0.717) is 10.8 Å². The number of ether oxygens (including phenoxy) is 2. The predicted octanol–water partition coefficient (Wildman–Crippen LogP) is 8.94. The topological polar surface area (TPSA) is 76.7 Å². The molecule has 4 fully saturated rings. The van der Waals surface area contributed by atoms with Gasteiger partial charge in [-0.15, -0.1) is 0 Å². The maximum Gasteiger partial charge on any atom is 0.408 e. The highest BCUT2D eigenvalue weighted by Crippen LogP contribution is 2.94. The maximum absolute atomic E-state index is 12.7. The zero-order valence-corrected chi connectivity index (χ0v) is 27.2. The van der Waals surface area contributed by atoms with Gasteiger partial charge >= 0.3 is 12.2 Å². The monoisotopic (exact) mass is 580 g/mol. The third-order valence-corrected chi connectivity index (χ3v) is 11.0. The summed E-state index contributed by atoms with van der Waals surface area (Å²) >= 11 is 0. The SMILES string of the molecule is C=CC(C)(CCC=C(C)C)OC(=O)NC1CCC2(CC1)C1C2C12CCC(NC(=O)OC(C)(C=C)CCC=C(C)C)CC2. The Morgan fingerprint density at radius 1 is 0.714 bits per heavy atom. The van der Waals surface area contributed by atoms with Gasteiger partial charge in [0.1, 0.15) is 11.2 Å². The van der Waals surface area contributed by atoms with E-state index in [2.05, 4.69) is 63.6 Å². The number of carbonyl (C=O) groups is 2. The van der Waals surface area contributed by atoms with Gasteiger partial charge in [0.2, 0.25) is 0 Å². The molecule has 0 radical (unpaired) electrons. The van der Waals surface area contributed by atoms with Crippen molar-refractivity contribution in [3.8, 4) is 0 Å². The fourth-order valence-corrected chi connectivity index (χ4v) is 8.38. The average molecular weight is 581 g/mol. The highest BCUT2D eigenvalue weighted by atomic mass is 16.6. The lowest BCUT2D eigenvalue weighted by Crippen LogP contribution is -2.45. The van der Waals surface area contributed by atoms with Gasteiger partial charge in [-0.1, -0.05) is 36.5 Å². The van der Waals surface area contributed by atoms with Crippen LogP contribution in [0.25, 0.3) is 0 Å². The molecule has 2 N–H and O–H groups in total. The molecule has 0 aromatic carbocycles. The zero-order chi connectivity index (χ0) is 30.8. The van der Waals surface area contributed by atoms with Gasteiger partial charge in [-0.3, -0.25) is 0 Å². The van der Waals surface area contributed by atoms with E-state index in [1.807, 2.05) is 13.8 Å². The highest BCUT2D eigenvalue weighted by molar-refractivity contribution is 5.69. The fourth-order valence-electron chi connectivity index (χ4n) is 8.38. The van der Waals surface area contributed by atoms with Crippen LogP contribution in [-0.2, 0) is 9.47 Å². The minimum atomic E-state index is -0.655. The normalized spacial score (nSPS) is 33.6. The molecule has 2 amide bonds. The van der Waals surface area contributed by atoms with Gasteiger partial charge in [-0.25, -0.2) is 9.59 Å². The van der Waals surface area contributed by atoms with E-state index in [9.17, 15) is 9.59 Å². The molecule has 2 atom stereocenters. The Morgan fingerprint density at radius 3 is 1.33 bits per heavy atom. The number of amides is 2. The summed E-state index contributed by atoms with van der Waals surface area (Å²) < 4.78 is 11.6. The molecule has 42 heavy (non-hydrogen) atoms. The molecule has 4 rings (SSSR count). The van der Waals surface area contributed by atoms with Crippen molar-refractivity contribution in [2.75, 3.05) is 0 Å². The maximum atomic E-state index is 12.7. The van der Waals surface area contributed by atoms with Crippen LogP contribution in [0.15, 0.2) is 48.6 Å². The minimum Gasteiger partial charge on any atom is -0.439 e. The Balaban J connectivity index is 1.15. The van der Waals surface area contributed by atoms with Crippen LogP contribution >= 0.6 is 0 Å². The number of alkyl carbamates (subject to hydrolysis) is 2. The zero-order valence-electron chi connectivity index (χ0n) is 27.2. The van der Waals surface area contributed by atoms with E-state index >= 15 is 0 Å². The summed E-state index contributed by atoms with van der Waals surface area (Å²) in [5.41, 5.74) is 2.25. The molecular weight excluding hydrogens is 524 g/mol. The molecule has 4 saturated carbocycles. The number of hydrogen-bond acceptors (Lipinski definition) is 4. The number of fused-ring (bicyclic) bond motifs is 5. The van der Waals surface area contributed by atoms with E-state index in [4.69, 9.17) is 9.47 Å². The standard InChI is InChI=1S/C36H56N2O4/c1-9-33(7,19-11-13-25(3)4)41-31(39)37-27-15-21-35(22-16-27)29-30(35)36(29)23-17-28(18-24-36)38-32(40)42-34(8,10-2)20-12-14-26(5)6/h9-10,13-14,27-30H,1-2,11-12,15-24H2,3-8H3,(H,37,39)(H,38,40). The summed E-state index contributed by atoms with van der Waals surface area (Å²) in [6.07, 6.45) is 19.3. The second-order valence-electron chi connectivity index (χ2n) is 14.7. The van der Waals surface area contributed by atoms with Crippen LogP contribution in [0.4, 0.5) is 9.59 Å². The van der Waals surface area contributed by atoms with E-state index < -0.39 is 11.2 Å². The molecule has 0 bridgehead atoms. The van der Waals surface area contributed by atoms with Crippen molar-refractivity contribution >= 4 is 12.2 Å². The predicted molar refractivity (Wildman–Crippen MR) is 170 cm³/mol.